The normalized spacial score (nSPS) is 11.6. The molecule has 0 aliphatic carbocycles. The van der Waals surface area contributed by atoms with Gasteiger partial charge in [0.25, 0.3) is 5.56 Å². The lowest BCUT2D eigenvalue weighted by Gasteiger charge is -2.04. The first-order valence-corrected chi connectivity index (χ1v) is 5.63. The highest BCUT2D eigenvalue weighted by Gasteiger charge is 2.05. The van der Waals surface area contributed by atoms with E-state index >= 15 is 0 Å². The number of rotatable bonds is 3. The van der Waals surface area contributed by atoms with Gasteiger partial charge in [0.1, 0.15) is 0 Å². The van der Waals surface area contributed by atoms with Gasteiger partial charge in [-0.1, -0.05) is 6.08 Å². The Morgan fingerprint density at radius 2 is 2.31 bits per heavy atom. The van der Waals surface area contributed by atoms with Crippen LogP contribution in [-0.2, 0) is 11.3 Å². The molecule has 0 saturated carbocycles. The molecule has 16 heavy (non-hydrogen) atoms. The minimum Gasteiger partial charge on any atom is -0.478 e. The molecule has 5 nitrogen and oxygen atoms in total. The molecule has 1 heterocycles. The summed E-state index contributed by atoms with van der Waals surface area (Å²) in [6.07, 6.45) is 2.91. The molecule has 6 heteroatoms. The molecule has 0 aromatic carbocycles. The summed E-state index contributed by atoms with van der Waals surface area (Å²) < 4.78 is 1.93. The molecule has 0 unspecified atom stereocenters. The summed E-state index contributed by atoms with van der Waals surface area (Å²) in [7, 11) is 0. The summed E-state index contributed by atoms with van der Waals surface area (Å²) in [4.78, 5) is 26.3. The van der Waals surface area contributed by atoms with Gasteiger partial charge in [0, 0.05) is 12.1 Å². The number of carboxylic acids is 1. The molecule has 0 saturated heterocycles. The molecule has 0 aliphatic heterocycles. The van der Waals surface area contributed by atoms with Gasteiger partial charge in [-0.15, -0.1) is 0 Å². The third-order valence-corrected chi connectivity index (χ3v) is 3.33. The molecular formula is C10H11IN2O3. The number of carboxylic acid groups (broad SMARTS) is 1. The van der Waals surface area contributed by atoms with Crippen molar-refractivity contribution in [2.75, 3.05) is 0 Å². The van der Waals surface area contributed by atoms with Gasteiger partial charge in [0.05, 0.1) is 15.6 Å². The van der Waals surface area contributed by atoms with Crippen molar-refractivity contribution in [1.82, 2.24) is 9.55 Å². The third kappa shape index (κ3) is 2.91. The molecule has 1 N–H and O–H groups in total. The van der Waals surface area contributed by atoms with E-state index in [9.17, 15) is 9.59 Å². The van der Waals surface area contributed by atoms with Crippen LogP contribution in [0.5, 0.6) is 0 Å². The maximum atomic E-state index is 11.7. The fraction of sp³-hybridized carbons (Fsp3) is 0.300. The zero-order chi connectivity index (χ0) is 12.3. The Balaban J connectivity index is 3.01. The number of aryl methyl sites for hydroxylation is 1. The van der Waals surface area contributed by atoms with Gasteiger partial charge in [-0.25, -0.2) is 9.78 Å². The van der Waals surface area contributed by atoms with Crippen molar-refractivity contribution in [2.24, 2.45) is 0 Å². The largest absolute Gasteiger partial charge is 0.478 e. The first-order chi connectivity index (χ1) is 7.43. The highest BCUT2D eigenvalue weighted by atomic mass is 127. The Morgan fingerprint density at radius 3 is 2.88 bits per heavy atom. The van der Waals surface area contributed by atoms with Gasteiger partial charge in [0.15, 0.2) is 0 Å². The molecule has 1 aromatic heterocycles. The van der Waals surface area contributed by atoms with Gasteiger partial charge >= 0.3 is 5.97 Å². The average molecular weight is 334 g/mol. The molecule has 0 spiro atoms. The van der Waals surface area contributed by atoms with Crippen LogP contribution in [0.1, 0.15) is 12.6 Å². The third-order valence-electron chi connectivity index (χ3n) is 2.09. The quantitative estimate of drug-likeness (QED) is 0.666. The van der Waals surface area contributed by atoms with Crippen LogP contribution >= 0.6 is 22.6 Å². The SMILES string of the molecule is CC(=CCn1cnc(C)c(I)c1=O)C(=O)O. The number of hydrogen-bond acceptors (Lipinski definition) is 3. The van der Waals surface area contributed by atoms with Crippen LogP contribution in [-0.4, -0.2) is 20.6 Å². The average Bonchev–Trinajstić information content (AvgIpc) is 2.24. The number of allylic oxidation sites excluding steroid dienone is 1. The predicted octanol–water partition coefficient (Wildman–Crippen LogP) is 1.19. The van der Waals surface area contributed by atoms with Crippen LogP contribution in [0.4, 0.5) is 0 Å². The second kappa shape index (κ2) is 5.24. The zero-order valence-electron chi connectivity index (χ0n) is 8.90. The van der Waals surface area contributed by atoms with Crippen molar-refractivity contribution in [2.45, 2.75) is 20.4 Å². The van der Waals surface area contributed by atoms with Crippen molar-refractivity contribution in [3.8, 4) is 0 Å². The Kier molecular flexibility index (Phi) is 4.22. The van der Waals surface area contributed by atoms with E-state index in [4.69, 9.17) is 5.11 Å². The van der Waals surface area contributed by atoms with Crippen LogP contribution in [0, 0.1) is 10.5 Å². The van der Waals surface area contributed by atoms with E-state index in [1.54, 1.807) is 6.92 Å². The standard InChI is InChI=1S/C10H11IN2O3/c1-6(10(15)16)3-4-13-5-12-7(2)8(11)9(13)14/h3,5H,4H2,1-2H3,(H,15,16). The molecule has 0 radical (unpaired) electrons. The van der Waals surface area contributed by atoms with E-state index < -0.39 is 5.97 Å². The predicted molar refractivity (Wildman–Crippen MR) is 67.3 cm³/mol. The van der Waals surface area contributed by atoms with E-state index in [1.807, 2.05) is 22.6 Å². The highest BCUT2D eigenvalue weighted by molar-refractivity contribution is 14.1. The molecule has 86 valence electrons. The van der Waals surface area contributed by atoms with Crippen molar-refractivity contribution < 1.29 is 9.90 Å². The first-order valence-electron chi connectivity index (χ1n) is 4.55. The van der Waals surface area contributed by atoms with Crippen molar-refractivity contribution in [3.05, 3.63) is 37.6 Å². The van der Waals surface area contributed by atoms with Crippen molar-refractivity contribution in [1.29, 1.82) is 0 Å². The second-order valence-electron chi connectivity index (χ2n) is 3.29. The number of aromatic nitrogens is 2. The van der Waals surface area contributed by atoms with Gasteiger partial charge in [0.2, 0.25) is 0 Å². The highest BCUT2D eigenvalue weighted by Crippen LogP contribution is 2.01. The Labute approximate surface area is 106 Å². The van der Waals surface area contributed by atoms with Crippen LogP contribution in [0.3, 0.4) is 0 Å². The summed E-state index contributed by atoms with van der Waals surface area (Å²) in [5.41, 5.74) is 0.741. The smallest absolute Gasteiger partial charge is 0.331 e. The minimum atomic E-state index is -0.984. The van der Waals surface area contributed by atoms with Crippen molar-refractivity contribution >= 4 is 28.6 Å². The topological polar surface area (TPSA) is 72.2 Å². The van der Waals surface area contributed by atoms with E-state index in [0.29, 0.717) is 9.26 Å². The van der Waals surface area contributed by atoms with Gasteiger partial charge in [-0.2, -0.15) is 0 Å². The number of aliphatic carboxylic acids is 1. The second-order valence-corrected chi connectivity index (χ2v) is 4.37. The van der Waals surface area contributed by atoms with Crippen LogP contribution < -0.4 is 5.56 Å². The maximum Gasteiger partial charge on any atom is 0.331 e. The molecule has 1 aromatic rings. The molecule has 0 atom stereocenters. The first kappa shape index (κ1) is 12.9. The number of halogens is 1. The summed E-state index contributed by atoms with van der Waals surface area (Å²) in [6.45, 7) is 3.46. The Morgan fingerprint density at radius 1 is 1.69 bits per heavy atom. The van der Waals surface area contributed by atoms with Crippen molar-refractivity contribution in [3.63, 3.8) is 0 Å². The summed E-state index contributed by atoms with van der Waals surface area (Å²) in [5.74, 6) is -0.984. The molecular weight excluding hydrogens is 323 g/mol. The molecule has 1 rings (SSSR count). The maximum absolute atomic E-state index is 11.7. The summed E-state index contributed by atoms with van der Waals surface area (Å²) >= 11 is 1.93. The van der Waals surface area contributed by atoms with E-state index in [2.05, 4.69) is 4.98 Å². The van der Waals surface area contributed by atoms with E-state index in [1.165, 1.54) is 23.9 Å². The van der Waals surface area contributed by atoms with E-state index in [0.717, 1.165) is 0 Å². The van der Waals surface area contributed by atoms with Crippen LogP contribution in [0.2, 0.25) is 0 Å². The van der Waals surface area contributed by atoms with Crippen LogP contribution in [0.15, 0.2) is 22.8 Å². The lowest BCUT2D eigenvalue weighted by Crippen LogP contribution is -2.23. The zero-order valence-corrected chi connectivity index (χ0v) is 11.1. The fourth-order valence-electron chi connectivity index (χ4n) is 0.999. The molecule has 0 bridgehead atoms. The van der Waals surface area contributed by atoms with Gasteiger partial charge in [-0.3, -0.25) is 9.36 Å². The summed E-state index contributed by atoms with van der Waals surface area (Å²) in [5, 5.41) is 8.66. The number of hydrogen-bond donors (Lipinski definition) is 1. The molecule has 0 amide bonds. The minimum absolute atomic E-state index is 0.150. The fourth-order valence-corrected chi connectivity index (χ4v) is 1.45. The number of nitrogens with zero attached hydrogens (tertiary/aromatic N) is 2. The number of carbonyl (C=O) groups is 1. The molecule has 0 aliphatic rings. The van der Waals surface area contributed by atoms with E-state index in [-0.39, 0.29) is 17.7 Å². The van der Waals surface area contributed by atoms with Gasteiger partial charge < -0.3 is 5.11 Å². The molecule has 0 fully saturated rings. The monoisotopic (exact) mass is 334 g/mol. The lowest BCUT2D eigenvalue weighted by molar-refractivity contribution is -0.132. The Bertz CT molecular complexity index is 505. The van der Waals surface area contributed by atoms with Gasteiger partial charge in [-0.05, 0) is 36.4 Å². The Hall–Kier alpha value is -1.18. The lowest BCUT2D eigenvalue weighted by atomic mass is 10.3. The summed E-state index contributed by atoms with van der Waals surface area (Å²) in [6, 6.07) is 0. The van der Waals surface area contributed by atoms with Crippen LogP contribution in [0.25, 0.3) is 0 Å².